The van der Waals surface area contributed by atoms with E-state index in [2.05, 4.69) is 24.5 Å². The van der Waals surface area contributed by atoms with Gasteiger partial charge in [-0.05, 0) is 0 Å². The minimum absolute atomic E-state index is 0.0272. The fraction of sp³-hybridized carbons (Fsp3) is 1.00. The number of aliphatic hydroxyl groups excluding tert-OH is 4. The Kier molecular flexibility index (Phi) is 9.24. The van der Waals surface area contributed by atoms with E-state index in [-0.39, 0.29) is 19.1 Å². The lowest BCUT2D eigenvalue weighted by Crippen LogP contribution is -2.34. The predicted octanol–water partition coefficient (Wildman–Crippen LogP) is -2.38. The van der Waals surface area contributed by atoms with Crippen LogP contribution in [0.4, 0.5) is 0 Å². The molecule has 4 unspecified atom stereocenters. The van der Waals surface area contributed by atoms with Crippen LogP contribution in [0.15, 0.2) is 0 Å². The first-order valence-corrected chi connectivity index (χ1v) is 16.4. The van der Waals surface area contributed by atoms with Crippen LogP contribution >= 0.6 is 35.4 Å². The fourth-order valence-corrected chi connectivity index (χ4v) is 16.0. The van der Waals surface area contributed by atoms with Crippen LogP contribution in [0, 0.1) is 0 Å². The van der Waals surface area contributed by atoms with Crippen molar-refractivity contribution < 1.29 is 38.9 Å². The molecule has 0 saturated carbocycles. The highest BCUT2D eigenvalue weighted by molar-refractivity contribution is 8.69. The van der Waals surface area contributed by atoms with Gasteiger partial charge in [0.1, 0.15) is 63.2 Å². The Hall–Kier alpha value is 1.81. The molecule has 27 heavy (non-hydrogen) atoms. The molecule has 0 radical (unpaired) electrons. The second kappa shape index (κ2) is 9.95. The fourth-order valence-electron chi connectivity index (χ4n) is 2.83. The van der Waals surface area contributed by atoms with Gasteiger partial charge in [-0.25, -0.2) is 0 Å². The smallest absolute Gasteiger partial charge is 0.142 e. The normalized spacial score (nSPS) is 44.1. The summed E-state index contributed by atoms with van der Waals surface area (Å²) in [5, 5.41) is 39.3. The molecule has 0 bridgehead atoms. The van der Waals surface area contributed by atoms with Gasteiger partial charge in [0.25, 0.3) is 0 Å². The van der Waals surface area contributed by atoms with Crippen molar-refractivity contribution in [3.8, 4) is 0 Å². The zero-order chi connectivity index (χ0) is 20.6. The second-order valence-electron chi connectivity index (χ2n) is 6.73. The van der Waals surface area contributed by atoms with Crippen molar-refractivity contribution in [2.75, 3.05) is 19.1 Å². The summed E-state index contributed by atoms with van der Waals surface area (Å²) in [6.45, 7) is -0.0543. The van der Waals surface area contributed by atoms with E-state index < -0.39 is 59.6 Å². The van der Waals surface area contributed by atoms with E-state index in [0.29, 0.717) is 0 Å². The van der Waals surface area contributed by atoms with Crippen LogP contribution in [0.3, 0.4) is 0 Å². The molecule has 4 N–H and O–H groups in total. The molecule has 16 heteroatoms. The van der Waals surface area contributed by atoms with Crippen molar-refractivity contribution in [3.63, 3.8) is 0 Å². The SMILES string of the molecule is B[C@@H]1O[C@H](COP(=S)(S)CP(=S)(S)OC[C@@H]2O[C@H](B)C(O)[C@@H]2O)C(O)[C@@H]1O. The average Bonchev–Trinajstić information content (AvgIpc) is 2.95. The van der Waals surface area contributed by atoms with Gasteiger partial charge in [0.05, 0.1) is 31.1 Å². The maximum Gasteiger partial charge on any atom is 0.142 e. The third kappa shape index (κ3) is 6.90. The number of hydrogen-bond donors (Lipinski definition) is 6. The van der Waals surface area contributed by atoms with Crippen molar-refractivity contribution in [2.24, 2.45) is 0 Å². The van der Waals surface area contributed by atoms with Gasteiger partial charge in [-0.15, -0.1) is 24.5 Å². The molecule has 2 fully saturated rings. The Balaban J connectivity index is 1.83. The van der Waals surface area contributed by atoms with Crippen molar-refractivity contribution in [3.05, 3.63) is 0 Å². The Morgan fingerprint density at radius 1 is 0.778 bits per heavy atom. The van der Waals surface area contributed by atoms with Crippen LogP contribution in [-0.2, 0) is 42.1 Å². The second-order valence-corrected chi connectivity index (χ2v) is 20.0. The van der Waals surface area contributed by atoms with Gasteiger partial charge in [0.2, 0.25) is 0 Å². The molecule has 0 amide bonds. The molecule has 2 rings (SSSR count). The first-order valence-electron chi connectivity index (χ1n) is 8.29. The predicted molar refractivity (Wildman–Crippen MR) is 122 cm³/mol. The number of rotatable bonds is 8. The van der Waals surface area contributed by atoms with Crippen molar-refractivity contribution >= 4 is 74.7 Å². The molecular weight excluding hydrogens is 472 g/mol. The molecule has 2 aliphatic rings. The van der Waals surface area contributed by atoms with Crippen molar-refractivity contribution in [1.29, 1.82) is 0 Å². The lowest BCUT2D eigenvalue weighted by Gasteiger charge is -2.26. The minimum Gasteiger partial charge on any atom is -0.388 e. The standard InChI is InChI=1S/C11H24B2O8P2S4/c12-10-8(16)6(14)4(20-10)1-18-22(24,25)3-23(26,27)19-2-5-7(15)9(17)11(13)21-5/h4-11,14-17H,1-3,12-13H2,(H,24,25)(H,26,27)/t4-,5+,6+,7?,8?,9-,10-,11+/m0/s1. The third-order valence-electron chi connectivity index (χ3n) is 4.44. The summed E-state index contributed by atoms with van der Waals surface area (Å²) in [5.74, 6) is 0.124. The van der Waals surface area contributed by atoms with E-state index in [1.807, 2.05) is 0 Å². The molecule has 0 aromatic carbocycles. The number of thiol groups is 2. The minimum atomic E-state index is -2.69. The van der Waals surface area contributed by atoms with E-state index in [1.54, 1.807) is 15.7 Å². The monoisotopic (exact) mass is 496 g/mol. The van der Waals surface area contributed by atoms with Crippen molar-refractivity contribution in [1.82, 2.24) is 0 Å². The van der Waals surface area contributed by atoms with E-state index >= 15 is 0 Å². The Labute approximate surface area is 181 Å². The molecule has 0 aliphatic carbocycles. The zero-order valence-corrected chi connectivity index (χ0v) is 20.0. The van der Waals surface area contributed by atoms with Gasteiger partial charge in [0, 0.05) is 0 Å². The molecule has 2 saturated heterocycles. The van der Waals surface area contributed by atoms with E-state index in [9.17, 15) is 20.4 Å². The largest absolute Gasteiger partial charge is 0.388 e. The lowest BCUT2D eigenvalue weighted by atomic mass is 9.93. The molecule has 10 atom stereocenters. The number of ether oxygens (including phenoxy) is 2. The summed E-state index contributed by atoms with van der Waals surface area (Å²) in [5.41, 5.74) is -5.37. The van der Waals surface area contributed by atoms with E-state index in [4.69, 9.17) is 42.1 Å². The molecule has 0 aromatic heterocycles. The number of aliphatic hydroxyl groups is 4. The highest BCUT2D eigenvalue weighted by Crippen LogP contribution is 2.68. The lowest BCUT2D eigenvalue weighted by molar-refractivity contribution is -0.000509. The maximum atomic E-state index is 9.92. The Morgan fingerprint density at radius 2 is 1.11 bits per heavy atom. The third-order valence-corrected chi connectivity index (χ3v) is 14.1. The summed E-state index contributed by atoms with van der Waals surface area (Å²) in [7, 11) is 3.31. The van der Waals surface area contributed by atoms with Crippen LogP contribution in [0.25, 0.3) is 0 Å². The quantitative estimate of drug-likeness (QED) is 0.124. The highest BCUT2D eigenvalue weighted by Gasteiger charge is 2.42. The van der Waals surface area contributed by atoms with Crippen LogP contribution in [0.5, 0.6) is 0 Å². The molecular formula is C11H24B2O8P2S4. The average molecular weight is 496 g/mol. The van der Waals surface area contributed by atoms with Crippen LogP contribution < -0.4 is 0 Å². The molecule has 2 heterocycles. The van der Waals surface area contributed by atoms with Gasteiger partial charge in [-0.1, -0.05) is 23.6 Å². The van der Waals surface area contributed by atoms with Crippen LogP contribution in [0.2, 0.25) is 0 Å². The van der Waals surface area contributed by atoms with E-state index in [0.717, 1.165) is 0 Å². The first kappa shape index (κ1) is 25.1. The molecule has 0 spiro atoms. The van der Waals surface area contributed by atoms with Crippen molar-refractivity contribution in [2.45, 2.75) is 48.6 Å². The van der Waals surface area contributed by atoms with Gasteiger partial charge < -0.3 is 38.9 Å². The summed E-state index contributed by atoms with van der Waals surface area (Å²) in [6, 6.07) is -0.999. The number of hydrogen-bond acceptors (Lipinski definition) is 10. The Bertz CT molecular complexity index is 571. The van der Waals surface area contributed by atoms with Crippen LogP contribution in [0.1, 0.15) is 0 Å². The summed E-state index contributed by atoms with van der Waals surface area (Å²) in [6.07, 6.45) is -5.49. The van der Waals surface area contributed by atoms with Gasteiger partial charge >= 0.3 is 0 Å². The molecule has 2 aliphatic heterocycles. The summed E-state index contributed by atoms with van der Waals surface area (Å²) >= 11 is 19.6. The zero-order valence-electron chi connectivity index (χ0n) is 14.8. The highest BCUT2D eigenvalue weighted by atomic mass is 32.9. The first-order chi connectivity index (χ1) is 12.3. The Morgan fingerprint density at radius 3 is 1.37 bits per heavy atom. The van der Waals surface area contributed by atoms with Gasteiger partial charge in [-0.3, -0.25) is 0 Å². The molecule has 156 valence electrons. The molecule has 8 nitrogen and oxygen atoms in total. The van der Waals surface area contributed by atoms with Gasteiger partial charge in [0.15, 0.2) is 0 Å². The van der Waals surface area contributed by atoms with E-state index in [1.165, 1.54) is 0 Å². The van der Waals surface area contributed by atoms with Crippen LogP contribution in [-0.4, -0.2) is 104 Å². The van der Waals surface area contributed by atoms with Gasteiger partial charge in [-0.2, -0.15) is 0 Å². The summed E-state index contributed by atoms with van der Waals surface area (Å²) in [4.78, 5) is 0. The molecule has 0 aromatic rings. The maximum absolute atomic E-state index is 9.92. The summed E-state index contributed by atoms with van der Waals surface area (Å²) < 4.78 is 22.2. The topological polar surface area (TPSA) is 118 Å².